The summed E-state index contributed by atoms with van der Waals surface area (Å²) in [7, 11) is 0. The second-order valence-electron chi connectivity index (χ2n) is 8.75. The summed E-state index contributed by atoms with van der Waals surface area (Å²) in [5.41, 5.74) is 7.48. The lowest BCUT2D eigenvalue weighted by atomic mass is 9.91. The summed E-state index contributed by atoms with van der Waals surface area (Å²) in [5.74, 6) is 0.207. The molecule has 0 aromatic carbocycles. The second-order valence-corrected chi connectivity index (χ2v) is 11.7. The smallest absolute Gasteiger partial charge is 0.184 e. The first-order chi connectivity index (χ1) is 16.8. The van der Waals surface area contributed by atoms with Gasteiger partial charge in [-0.05, 0) is 120 Å². The summed E-state index contributed by atoms with van der Waals surface area (Å²) < 4.78 is 0. The Morgan fingerprint density at radius 1 is 0.543 bits per heavy atom. The summed E-state index contributed by atoms with van der Waals surface area (Å²) in [6, 6.07) is 12.8. The van der Waals surface area contributed by atoms with Crippen molar-refractivity contribution in [3.05, 3.63) is 124 Å². The zero-order valence-corrected chi connectivity index (χ0v) is 22.4. The Balaban J connectivity index is 1.71. The number of rotatable bonds is 4. The summed E-state index contributed by atoms with van der Waals surface area (Å²) in [5, 5.41) is 4.18. The molecule has 2 aliphatic carbocycles. The standard InChI is InChI=1S/C30H24O2S3/c1-17-13-21(14-18(2)29(17)31)27(23-7-5-11-33-23)25-9-10-26(35-25)28(24-8-6-12-34-24)22-15-19(3)30(32)20(4)16-22/h5-16H,1-4H3. The van der Waals surface area contributed by atoms with Crippen LogP contribution in [0.4, 0.5) is 0 Å². The number of hydrogen-bond acceptors (Lipinski definition) is 5. The predicted octanol–water partition coefficient (Wildman–Crippen LogP) is 8.43. The Morgan fingerprint density at radius 2 is 0.914 bits per heavy atom. The van der Waals surface area contributed by atoms with Crippen molar-refractivity contribution in [1.82, 2.24) is 0 Å². The number of carbonyl (C=O) groups excluding carboxylic acids is 2. The van der Waals surface area contributed by atoms with Crippen LogP contribution in [-0.2, 0) is 9.59 Å². The van der Waals surface area contributed by atoms with E-state index in [1.165, 1.54) is 9.75 Å². The lowest BCUT2D eigenvalue weighted by molar-refractivity contribution is -0.113. The highest BCUT2D eigenvalue weighted by Gasteiger charge is 2.22. The molecular formula is C30H24O2S3. The molecule has 0 saturated carbocycles. The molecule has 2 aliphatic rings. The van der Waals surface area contributed by atoms with Gasteiger partial charge < -0.3 is 0 Å². The van der Waals surface area contributed by atoms with Crippen LogP contribution in [0.25, 0.3) is 11.1 Å². The average Bonchev–Trinajstić information content (AvgIpc) is 3.60. The lowest BCUT2D eigenvalue weighted by Gasteiger charge is -2.15. The first kappa shape index (κ1) is 23.6. The highest BCUT2D eigenvalue weighted by molar-refractivity contribution is 7.16. The van der Waals surface area contributed by atoms with Crippen LogP contribution in [0, 0.1) is 0 Å². The van der Waals surface area contributed by atoms with Gasteiger partial charge in [-0.2, -0.15) is 0 Å². The molecule has 0 N–H and O–H groups in total. The number of allylic oxidation sites excluding steroid dienone is 10. The van der Waals surface area contributed by atoms with Crippen molar-refractivity contribution in [3.8, 4) is 0 Å². The van der Waals surface area contributed by atoms with Crippen LogP contribution in [0.1, 0.15) is 47.2 Å². The molecule has 0 unspecified atom stereocenters. The number of carbonyl (C=O) groups is 2. The molecule has 0 saturated heterocycles. The van der Waals surface area contributed by atoms with Gasteiger partial charge in [-0.25, -0.2) is 0 Å². The van der Waals surface area contributed by atoms with Gasteiger partial charge in [0, 0.05) is 30.7 Å². The lowest BCUT2D eigenvalue weighted by Crippen LogP contribution is -2.07. The van der Waals surface area contributed by atoms with Crippen molar-refractivity contribution < 1.29 is 9.59 Å². The van der Waals surface area contributed by atoms with Gasteiger partial charge in [-0.3, -0.25) is 9.59 Å². The van der Waals surface area contributed by atoms with Crippen LogP contribution < -0.4 is 0 Å². The molecule has 35 heavy (non-hydrogen) atoms. The van der Waals surface area contributed by atoms with Crippen LogP contribution in [0.5, 0.6) is 0 Å². The summed E-state index contributed by atoms with van der Waals surface area (Å²) in [6.07, 6.45) is 8.03. The largest absolute Gasteiger partial charge is 0.289 e. The Hall–Kier alpha value is -3.12. The third-order valence-electron chi connectivity index (χ3n) is 6.13. The quantitative estimate of drug-likeness (QED) is 0.351. The van der Waals surface area contributed by atoms with E-state index in [0.29, 0.717) is 0 Å². The number of thiophene rings is 3. The molecule has 3 aromatic rings. The zero-order valence-electron chi connectivity index (χ0n) is 20.0. The number of ketones is 2. The van der Waals surface area contributed by atoms with Gasteiger partial charge in [0.05, 0.1) is 0 Å². The Bertz CT molecular complexity index is 1360. The molecule has 3 heterocycles. The molecule has 0 amide bonds. The van der Waals surface area contributed by atoms with Gasteiger partial charge >= 0.3 is 0 Å². The summed E-state index contributed by atoms with van der Waals surface area (Å²) in [4.78, 5) is 29.5. The molecule has 0 fully saturated rings. The maximum absolute atomic E-state index is 12.4. The minimum Gasteiger partial charge on any atom is -0.289 e. The summed E-state index contributed by atoms with van der Waals surface area (Å²) in [6.45, 7) is 7.55. The van der Waals surface area contributed by atoms with Crippen molar-refractivity contribution in [2.45, 2.75) is 27.7 Å². The van der Waals surface area contributed by atoms with Gasteiger partial charge in [0.15, 0.2) is 11.6 Å². The van der Waals surface area contributed by atoms with E-state index >= 15 is 0 Å². The first-order valence-corrected chi connectivity index (χ1v) is 13.9. The molecule has 3 aromatic heterocycles. The monoisotopic (exact) mass is 512 g/mol. The van der Waals surface area contributed by atoms with E-state index in [0.717, 1.165) is 54.3 Å². The second kappa shape index (κ2) is 9.50. The SMILES string of the molecule is CC1=CC(=C(c2cccs2)c2ccc(C(=C3C=C(C)C(=O)C(C)=C3)c3cccs3)s2)C=C(C)C1=O. The average molecular weight is 513 g/mol. The molecular weight excluding hydrogens is 489 g/mol. The Labute approximate surface area is 217 Å². The highest BCUT2D eigenvalue weighted by Crippen LogP contribution is 2.42. The molecule has 0 atom stereocenters. The van der Waals surface area contributed by atoms with Gasteiger partial charge in [0.1, 0.15) is 0 Å². The molecule has 5 rings (SSSR count). The van der Waals surface area contributed by atoms with E-state index in [1.807, 2.05) is 52.0 Å². The van der Waals surface area contributed by atoms with E-state index in [2.05, 4.69) is 47.2 Å². The van der Waals surface area contributed by atoms with E-state index < -0.39 is 0 Å². The van der Waals surface area contributed by atoms with Gasteiger partial charge in [0.25, 0.3) is 0 Å². The Kier molecular flexibility index (Phi) is 6.41. The maximum Gasteiger partial charge on any atom is 0.184 e. The van der Waals surface area contributed by atoms with Crippen molar-refractivity contribution in [2.75, 3.05) is 0 Å². The molecule has 0 bridgehead atoms. The topological polar surface area (TPSA) is 34.1 Å². The van der Waals surface area contributed by atoms with Crippen LogP contribution in [0.2, 0.25) is 0 Å². The van der Waals surface area contributed by atoms with Crippen LogP contribution in [-0.4, -0.2) is 11.6 Å². The minimum atomic E-state index is 0.104. The van der Waals surface area contributed by atoms with E-state index in [9.17, 15) is 9.59 Å². The van der Waals surface area contributed by atoms with Gasteiger partial charge in [-0.15, -0.1) is 34.0 Å². The molecule has 0 radical (unpaired) electrons. The first-order valence-electron chi connectivity index (χ1n) is 11.3. The van der Waals surface area contributed by atoms with Crippen LogP contribution in [0.15, 0.2) is 105 Å². The van der Waals surface area contributed by atoms with Crippen molar-refractivity contribution in [3.63, 3.8) is 0 Å². The van der Waals surface area contributed by atoms with Crippen molar-refractivity contribution in [1.29, 1.82) is 0 Å². The minimum absolute atomic E-state index is 0.104. The van der Waals surface area contributed by atoms with Crippen LogP contribution >= 0.6 is 34.0 Å². The van der Waals surface area contributed by atoms with E-state index in [1.54, 1.807) is 34.0 Å². The maximum atomic E-state index is 12.4. The Morgan fingerprint density at radius 3 is 1.23 bits per heavy atom. The zero-order chi connectivity index (χ0) is 24.7. The third-order valence-corrected chi connectivity index (χ3v) is 9.03. The third kappa shape index (κ3) is 4.47. The summed E-state index contributed by atoms with van der Waals surface area (Å²) >= 11 is 5.16. The fourth-order valence-electron chi connectivity index (χ4n) is 4.45. The number of hydrogen-bond donors (Lipinski definition) is 0. The van der Waals surface area contributed by atoms with Crippen molar-refractivity contribution in [2.24, 2.45) is 0 Å². The fraction of sp³-hybridized carbons (Fsp3) is 0.133. The predicted molar refractivity (Wildman–Crippen MR) is 150 cm³/mol. The normalized spacial score (nSPS) is 16.1. The van der Waals surface area contributed by atoms with E-state index in [4.69, 9.17) is 0 Å². The van der Waals surface area contributed by atoms with Gasteiger partial charge in [-0.1, -0.05) is 12.1 Å². The van der Waals surface area contributed by atoms with Gasteiger partial charge in [0.2, 0.25) is 0 Å². The molecule has 0 aliphatic heterocycles. The van der Waals surface area contributed by atoms with Crippen molar-refractivity contribution >= 4 is 56.7 Å². The molecule has 5 heteroatoms. The van der Waals surface area contributed by atoms with E-state index in [-0.39, 0.29) is 11.6 Å². The fourth-order valence-corrected chi connectivity index (χ4v) is 7.36. The van der Waals surface area contributed by atoms with Crippen LogP contribution in [0.3, 0.4) is 0 Å². The highest BCUT2D eigenvalue weighted by atomic mass is 32.1. The molecule has 174 valence electrons. The molecule has 0 spiro atoms. The number of Topliss-reactive ketones (excluding diaryl/α,β-unsaturated/α-hetero) is 2. The molecule has 2 nitrogen and oxygen atoms in total.